The number of ketones is 1. The summed E-state index contributed by atoms with van der Waals surface area (Å²) in [5.74, 6) is 0.481. The van der Waals surface area contributed by atoms with Crippen molar-refractivity contribution in [3.8, 4) is 0 Å². The number of H-pyrrole nitrogens is 1. The first kappa shape index (κ1) is 10.1. The fourth-order valence-electron chi connectivity index (χ4n) is 2.09. The molecule has 0 saturated carbocycles. The lowest BCUT2D eigenvalue weighted by Gasteiger charge is -2.13. The molecular formula is C12H16N2O. The predicted octanol–water partition coefficient (Wildman–Crippen LogP) is 2.34. The van der Waals surface area contributed by atoms with E-state index in [0.717, 1.165) is 17.5 Å². The van der Waals surface area contributed by atoms with Gasteiger partial charge in [0.2, 0.25) is 0 Å². The lowest BCUT2D eigenvalue weighted by molar-refractivity contribution is 0.101. The quantitative estimate of drug-likeness (QED) is 0.701. The normalized spacial score (nSPS) is 24.7. The van der Waals surface area contributed by atoms with Crippen LogP contribution in [0.5, 0.6) is 0 Å². The van der Waals surface area contributed by atoms with E-state index in [-0.39, 0.29) is 11.8 Å². The predicted molar refractivity (Wildman–Crippen MR) is 60.9 cm³/mol. The monoisotopic (exact) mass is 204 g/mol. The molecule has 15 heavy (non-hydrogen) atoms. The van der Waals surface area contributed by atoms with Crippen LogP contribution in [0.25, 0.3) is 0 Å². The van der Waals surface area contributed by atoms with Gasteiger partial charge < -0.3 is 4.98 Å². The maximum atomic E-state index is 11.4. The van der Waals surface area contributed by atoms with Gasteiger partial charge >= 0.3 is 0 Å². The highest BCUT2D eigenvalue weighted by Crippen LogP contribution is 2.28. The average Bonchev–Trinajstić information content (AvgIpc) is 2.55. The maximum absolute atomic E-state index is 11.4. The number of Topliss-reactive ketones (excluding diaryl/α,β-unsaturated/α-hetero) is 1. The molecule has 2 rings (SSSR count). The Kier molecular flexibility index (Phi) is 2.47. The van der Waals surface area contributed by atoms with Crippen LogP contribution in [0.4, 0.5) is 0 Å². The number of aromatic amines is 1. The van der Waals surface area contributed by atoms with Crippen LogP contribution < -0.4 is 0 Å². The van der Waals surface area contributed by atoms with Crippen molar-refractivity contribution in [3.63, 3.8) is 0 Å². The first-order valence-corrected chi connectivity index (χ1v) is 5.34. The minimum atomic E-state index is 0.127. The number of fused-ring (bicyclic) bond motifs is 1. The van der Waals surface area contributed by atoms with Gasteiger partial charge in [0.05, 0.1) is 6.04 Å². The van der Waals surface area contributed by atoms with Crippen LogP contribution in [0.1, 0.15) is 48.3 Å². The summed E-state index contributed by atoms with van der Waals surface area (Å²) in [6, 6.07) is 0.282. The highest BCUT2D eigenvalue weighted by atomic mass is 16.1. The number of nitrogens with one attached hydrogen (secondary N) is 1. The standard InChI is InChI=1S/C12H16N2O/c1-7-8(2)13-5-4-10-11(9(3)15)6-14-12(7)10/h5-8,14H,4H2,1-3H3. The summed E-state index contributed by atoms with van der Waals surface area (Å²) < 4.78 is 0. The van der Waals surface area contributed by atoms with Crippen LogP contribution in [0.15, 0.2) is 11.2 Å². The van der Waals surface area contributed by atoms with E-state index in [2.05, 4.69) is 23.8 Å². The van der Waals surface area contributed by atoms with Crippen LogP contribution in [0.2, 0.25) is 0 Å². The van der Waals surface area contributed by atoms with Crippen molar-refractivity contribution < 1.29 is 4.79 Å². The van der Waals surface area contributed by atoms with E-state index in [0.29, 0.717) is 5.92 Å². The Balaban J connectivity index is 2.51. The molecule has 2 heterocycles. The summed E-state index contributed by atoms with van der Waals surface area (Å²) in [5, 5.41) is 0. The van der Waals surface area contributed by atoms with Crippen LogP contribution in [-0.4, -0.2) is 23.0 Å². The molecule has 0 aromatic carbocycles. The molecule has 80 valence electrons. The Hall–Kier alpha value is -1.38. The summed E-state index contributed by atoms with van der Waals surface area (Å²) in [5.41, 5.74) is 3.12. The second kappa shape index (κ2) is 3.65. The van der Waals surface area contributed by atoms with Gasteiger partial charge in [-0.3, -0.25) is 9.79 Å². The fourth-order valence-corrected chi connectivity index (χ4v) is 2.09. The molecule has 1 aliphatic rings. The highest BCUT2D eigenvalue weighted by Gasteiger charge is 2.23. The molecule has 0 saturated heterocycles. The van der Waals surface area contributed by atoms with Crippen molar-refractivity contribution in [2.24, 2.45) is 4.99 Å². The van der Waals surface area contributed by atoms with E-state index in [4.69, 9.17) is 0 Å². The number of carbonyl (C=O) groups excluding carboxylic acids is 1. The number of aliphatic imine (C=N–C) groups is 1. The van der Waals surface area contributed by atoms with E-state index in [1.807, 2.05) is 12.4 Å². The number of nitrogens with zero attached hydrogens (tertiary/aromatic N) is 1. The molecule has 1 N–H and O–H groups in total. The molecule has 3 heteroatoms. The lowest BCUT2D eigenvalue weighted by atomic mass is 9.95. The van der Waals surface area contributed by atoms with Gasteiger partial charge in [-0.25, -0.2) is 0 Å². The average molecular weight is 204 g/mol. The van der Waals surface area contributed by atoms with Crippen LogP contribution in [-0.2, 0) is 6.42 Å². The zero-order valence-corrected chi connectivity index (χ0v) is 9.37. The van der Waals surface area contributed by atoms with E-state index >= 15 is 0 Å². The molecule has 1 aliphatic heterocycles. The van der Waals surface area contributed by atoms with Crippen LogP contribution in [0.3, 0.4) is 0 Å². The van der Waals surface area contributed by atoms with Crippen LogP contribution >= 0.6 is 0 Å². The molecular weight excluding hydrogens is 188 g/mol. The maximum Gasteiger partial charge on any atom is 0.161 e. The minimum absolute atomic E-state index is 0.127. The van der Waals surface area contributed by atoms with Crippen molar-refractivity contribution in [2.45, 2.75) is 39.2 Å². The molecule has 3 nitrogen and oxygen atoms in total. The van der Waals surface area contributed by atoms with Gasteiger partial charge in [0.15, 0.2) is 5.78 Å². The molecule has 0 aliphatic carbocycles. The summed E-state index contributed by atoms with van der Waals surface area (Å²) in [6.45, 7) is 5.86. The molecule has 1 aromatic heterocycles. The third kappa shape index (κ3) is 1.62. The van der Waals surface area contributed by atoms with Gasteiger partial charge in [0, 0.05) is 36.0 Å². The SMILES string of the molecule is CC(=O)c1c[nH]c2c1CC=NC(C)C2C. The lowest BCUT2D eigenvalue weighted by Crippen LogP contribution is -2.09. The second-order valence-corrected chi connectivity index (χ2v) is 4.22. The number of aromatic nitrogens is 1. The van der Waals surface area contributed by atoms with Crippen molar-refractivity contribution in [2.75, 3.05) is 0 Å². The Labute approximate surface area is 89.6 Å². The number of rotatable bonds is 1. The molecule has 0 fully saturated rings. The van der Waals surface area contributed by atoms with Crippen molar-refractivity contribution in [1.82, 2.24) is 4.98 Å². The Morgan fingerprint density at radius 2 is 2.27 bits per heavy atom. The zero-order valence-electron chi connectivity index (χ0n) is 9.37. The van der Waals surface area contributed by atoms with Crippen LogP contribution in [0, 0.1) is 0 Å². The topological polar surface area (TPSA) is 45.2 Å². The Bertz CT molecular complexity index is 417. The number of carbonyl (C=O) groups is 1. The van der Waals surface area contributed by atoms with E-state index in [9.17, 15) is 4.79 Å². The summed E-state index contributed by atoms with van der Waals surface area (Å²) >= 11 is 0. The number of hydrogen-bond acceptors (Lipinski definition) is 2. The van der Waals surface area contributed by atoms with Gasteiger partial charge in [-0.1, -0.05) is 6.92 Å². The first-order chi connectivity index (χ1) is 7.11. The Morgan fingerprint density at radius 3 is 2.93 bits per heavy atom. The van der Waals surface area contributed by atoms with Gasteiger partial charge in [-0.05, 0) is 19.4 Å². The highest BCUT2D eigenvalue weighted by molar-refractivity contribution is 5.96. The fraction of sp³-hybridized carbons (Fsp3) is 0.500. The molecule has 0 bridgehead atoms. The Morgan fingerprint density at radius 1 is 1.53 bits per heavy atom. The smallest absolute Gasteiger partial charge is 0.161 e. The molecule has 0 amide bonds. The van der Waals surface area contributed by atoms with Gasteiger partial charge in [0.1, 0.15) is 0 Å². The third-order valence-electron chi connectivity index (χ3n) is 3.22. The summed E-state index contributed by atoms with van der Waals surface area (Å²) in [6.07, 6.45) is 4.52. The first-order valence-electron chi connectivity index (χ1n) is 5.34. The molecule has 1 aromatic rings. The summed E-state index contributed by atoms with van der Waals surface area (Å²) in [7, 11) is 0. The van der Waals surface area contributed by atoms with Gasteiger partial charge in [-0.15, -0.1) is 0 Å². The van der Waals surface area contributed by atoms with E-state index in [1.54, 1.807) is 6.92 Å². The van der Waals surface area contributed by atoms with Crippen molar-refractivity contribution >= 4 is 12.0 Å². The van der Waals surface area contributed by atoms with Crippen molar-refractivity contribution in [1.29, 1.82) is 0 Å². The number of hydrogen-bond donors (Lipinski definition) is 1. The molecule has 0 spiro atoms. The third-order valence-corrected chi connectivity index (χ3v) is 3.22. The molecule has 0 radical (unpaired) electrons. The summed E-state index contributed by atoms with van der Waals surface area (Å²) in [4.78, 5) is 19.1. The minimum Gasteiger partial charge on any atom is -0.364 e. The van der Waals surface area contributed by atoms with Gasteiger partial charge in [0.25, 0.3) is 0 Å². The van der Waals surface area contributed by atoms with E-state index < -0.39 is 0 Å². The molecule has 2 unspecified atom stereocenters. The zero-order chi connectivity index (χ0) is 11.0. The van der Waals surface area contributed by atoms with Gasteiger partial charge in [-0.2, -0.15) is 0 Å². The largest absolute Gasteiger partial charge is 0.364 e. The molecule has 2 atom stereocenters. The van der Waals surface area contributed by atoms with E-state index in [1.165, 1.54) is 5.69 Å². The second-order valence-electron chi connectivity index (χ2n) is 4.22. The van der Waals surface area contributed by atoms with Crippen molar-refractivity contribution in [3.05, 3.63) is 23.0 Å².